The number of esters is 1. The molecule has 1 N–H and O–H groups in total. The molecule has 0 bridgehead atoms. The normalized spacial score (nSPS) is 13.4. The van der Waals surface area contributed by atoms with Crippen LogP contribution in [-0.2, 0) is 14.9 Å². The summed E-state index contributed by atoms with van der Waals surface area (Å²) in [4.78, 5) is 52.0. The summed E-state index contributed by atoms with van der Waals surface area (Å²) in [5.41, 5.74) is 2.23. The summed E-state index contributed by atoms with van der Waals surface area (Å²) in [7, 11) is 0. The van der Waals surface area contributed by atoms with Crippen LogP contribution >= 0.6 is 11.6 Å². The second-order valence-electron chi connectivity index (χ2n) is 9.54. The Balaban J connectivity index is 1.53. The third-order valence-electron chi connectivity index (χ3n) is 5.87. The van der Waals surface area contributed by atoms with E-state index in [1.165, 1.54) is 18.2 Å². The van der Waals surface area contributed by atoms with Crippen molar-refractivity contribution in [3.05, 3.63) is 111 Å². The smallest absolute Gasteiger partial charge is 0.356 e. The molecule has 37 heavy (non-hydrogen) atoms. The van der Waals surface area contributed by atoms with Gasteiger partial charge in [-0.3, -0.25) is 14.4 Å². The Morgan fingerprint density at radius 3 is 2.00 bits per heavy atom. The molecule has 0 atom stereocenters. The Labute approximate surface area is 219 Å². The summed E-state index contributed by atoms with van der Waals surface area (Å²) in [6.07, 6.45) is 1.43. The minimum absolute atomic E-state index is 0.0808. The third kappa shape index (κ3) is 5.78. The average molecular weight is 517 g/mol. The molecule has 0 radical (unpaired) electrons. The van der Waals surface area contributed by atoms with E-state index in [0.717, 1.165) is 10.5 Å². The quantitative estimate of drug-likeness (QED) is 0.276. The van der Waals surface area contributed by atoms with Gasteiger partial charge in [-0.05, 0) is 59.0 Å². The van der Waals surface area contributed by atoms with Gasteiger partial charge >= 0.3 is 5.97 Å². The van der Waals surface area contributed by atoms with Crippen molar-refractivity contribution < 1.29 is 23.9 Å². The Morgan fingerprint density at radius 2 is 1.46 bits per heavy atom. The fourth-order valence-corrected chi connectivity index (χ4v) is 3.87. The van der Waals surface area contributed by atoms with Crippen molar-refractivity contribution >= 4 is 41.4 Å². The minimum atomic E-state index is -0.911. The molecule has 0 aliphatic carbocycles. The zero-order valence-corrected chi connectivity index (χ0v) is 21.3. The predicted octanol–water partition coefficient (Wildman–Crippen LogP) is 5.21. The van der Waals surface area contributed by atoms with E-state index in [-0.39, 0.29) is 22.2 Å². The molecule has 0 unspecified atom stereocenters. The van der Waals surface area contributed by atoms with Gasteiger partial charge in [-0.25, -0.2) is 9.69 Å². The predicted molar refractivity (Wildman–Crippen MR) is 140 cm³/mol. The van der Waals surface area contributed by atoms with Gasteiger partial charge in [-0.2, -0.15) is 0 Å². The van der Waals surface area contributed by atoms with Crippen LogP contribution in [0.3, 0.4) is 0 Å². The lowest BCUT2D eigenvalue weighted by molar-refractivity contribution is -0.141. The summed E-state index contributed by atoms with van der Waals surface area (Å²) in [5.74, 6) is -2.54. The molecule has 0 saturated heterocycles. The minimum Gasteiger partial charge on any atom is -0.439 e. The molecule has 0 aromatic heterocycles. The maximum Gasteiger partial charge on any atom is 0.356 e. The van der Waals surface area contributed by atoms with Gasteiger partial charge in [0.1, 0.15) is 5.70 Å². The number of carbonyl (C=O) groups excluding carboxylic acids is 4. The largest absolute Gasteiger partial charge is 0.439 e. The van der Waals surface area contributed by atoms with Crippen LogP contribution in [0.2, 0.25) is 5.02 Å². The number of carbonyl (C=O) groups is 4. The second-order valence-corrected chi connectivity index (χ2v) is 9.97. The molecule has 8 heteroatoms. The molecule has 3 aromatic rings. The summed E-state index contributed by atoms with van der Waals surface area (Å²) in [6.45, 7) is 5.61. The van der Waals surface area contributed by atoms with Gasteiger partial charge < -0.3 is 10.1 Å². The van der Waals surface area contributed by atoms with E-state index in [2.05, 4.69) is 26.1 Å². The molecule has 0 fully saturated rings. The van der Waals surface area contributed by atoms with Gasteiger partial charge in [0.15, 0.2) is 6.73 Å². The van der Waals surface area contributed by atoms with E-state index in [9.17, 15) is 19.2 Å². The molecular formula is C29H25ClN2O5. The van der Waals surface area contributed by atoms with E-state index in [0.29, 0.717) is 16.1 Å². The molecule has 3 amide bonds. The van der Waals surface area contributed by atoms with Crippen LogP contribution in [-0.4, -0.2) is 35.3 Å². The first-order valence-electron chi connectivity index (χ1n) is 11.6. The van der Waals surface area contributed by atoms with Gasteiger partial charge in [0.2, 0.25) is 0 Å². The first-order chi connectivity index (χ1) is 17.5. The standard InChI is InChI=1S/C29H25ClN2O5/c1-29(2,3)20-12-10-19(11-13-20)25(33)31-24(16-18-8-14-21(30)15-9-18)28(36)37-17-32-26(34)22-6-4-5-7-23(22)27(32)35/h4-16H,17H2,1-3H3,(H,31,33). The van der Waals surface area contributed by atoms with E-state index >= 15 is 0 Å². The number of fused-ring (bicyclic) bond motifs is 1. The van der Waals surface area contributed by atoms with Gasteiger partial charge in [-0.15, -0.1) is 0 Å². The van der Waals surface area contributed by atoms with E-state index in [1.54, 1.807) is 48.5 Å². The Hall–Kier alpha value is -4.23. The lowest BCUT2D eigenvalue weighted by Crippen LogP contribution is -2.35. The summed E-state index contributed by atoms with van der Waals surface area (Å²) < 4.78 is 5.29. The third-order valence-corrected chi connectivity index (χ3v) is 6.12. The van der Waals surface area contributed by atoms with Crippen molar-refractivity contribution in [1.29, 1.82) is 0 Å². The molecule has 1 aliphatic rings. The van der Waals surface area contributed by atoms with Crippen molar-refractivity contribution in [2.24, 2.45) is 0 Å². The Kier molecular flexibility index (Phi) is 7.27. The lowest BCUT2D eigenvalue weighted by atomic mass is 9.87. The topological polar surface area (TPSA) is 92.8 Å². The number of nitrogens with zero attached hydrogens (tertiary/aromatic N) is 1. The molecule has 1 heterocycles. The Bertz CT molecular complexity index is 1370. The van der Waals surface area contributed by atoms with Gasteiger partial charge in [0, 0.05) is 10.6 Å². The van der Waals surface area contributed by atoms with E-state index in [4.69, 9.17) is 16.3 Å². The molecular weight excluding hydrogens is 492 g/mol. The molecule has 188 valence electrons. The number of hydrogen-bond acceptors (Lipinski definition) is 5. The van der Waals surface area contributed by atoms with Crippen molar-refractivity contribution in [2.45, 2.75) is 26.2 Å². The number of ether oxygens (including phenoxy) is 1. The molecule has 4 rings (SSSR count). The van der Waals surface area contributed by atoms with Crippen LogP contribution < -0.4 is 5.32 Å². The van der Waals surface area contributed by atoms with Gasteiger partial charge in [-0.1, -0.05) is 68.8 Å². The van der Waals surface area contributed by atoms with Crippen LogP contribution in [0.1, 0.15) is 63.0 Å². The number of nitrogens with one attached hydrogen (secondary N) is 1. The van der Waals surface area contributed by atoms with Crippen LogP contribution in [0, 0.1) is 0 Å². The van der Waals surface area contributed by atoms with E-state index < -0.39 is 30.4 Å². The number of amides is 3. The highest BCUT2D eigenvalue weighted by molar-refractivity contribution is 6.30. The van der Waals surface area contributed by atoms with Gasteiger partial charge in [0.25, 0.3) is 17.7 Å². The second kappa shape index (κ2) is 10.4. The first-order valence-corrected chi connectivity index (χ1v) is 11.9. The molecule has 1 aliphatic heterocycles. The molecule has 7 nitrogen and oxygen atoms in total. The van der Waals surface area contributed by atoms with Crippen molar-refractivity contribution in [2.75, 3.05) is 6.73 Å². The fourth-order valence-electron chi connectivity index (χ4n) is 3.75. The molecule has 3 aromatic carbocycles. The van der Waals surface area contributed by atoms with E-state index in [1.807, 2.05) is 12.1 Å². The summed E-state index contributed by atoms with van der Waals surface area (Å²) in [6, 6.07) is 20.1. The summed E-state index contributed by atoms with van der Waals surface area (Å²) >= 11 is 5.96. The van der Waals surface area contributed by atoms with Crippen LogP contribution in [0.5, 0.6) is 0 Å². The number of imide groups is 1. The zero-order chi connectivity index (χ0) is 26.7. The highest BCUT2D eigenvalue weighted by atomic mass is 35.5. The maximum absolute atomic E-state index is 13.0. The zero-order valence-electron chi connectivity index (χ0n) is 20.6. The SMILES string of the molecule is CC(C)(C)c1ccc(C(=O)NC(=Cc2ccc(Cl)cc2)C(=O)OCN2C(=O)c3ccccc3C2=O)cc1. The number of hydrogen-bond donors (Lipinski definition) is 1. The monoisotopic (exact) mass is 516 g/mol. The Morgan fingerprint density at radius 1 is 0.892 bits per heavy atom. The highest BCUT2D eigenvalue weighted by Crippen LogP contribution is 2.23. The number of rotatable bonds is 6. The van der Waals surface area contributed by atoms with Crippen LogP contribution in [0.25, 0.3) is 6.08 Å². The highest BCUT2D eigenvalue weighted by Gasteiger charge is 2.36. The maximum atomic E-state index is 13.0. The van der Waals surface area contributed by atoms with Crippen molar-refractivity contribution in [3.63, 3.8) is 0 Å². The van der Waals surface area contributed by atoms with Crippen LogP contribution in [0.15, 0.2) is 78.5 Å². The van der Waals surface area contributed by atoms with Crippen molar-refractivity contribution in [1.82, 2.24) is 10.2 Å². The lowest BCUT2D eigenvalue weighted by Gasteiger charge is -2.19. The number of benzene rings is 3. The number of halogens is 1. The van der Waals surface area contributed by atoms with Crippen LogP contribution in [0.4, 0.5) is 0 Å². The summed E-state index contributed by atoms with van der Waals surface area (Å²) in [5, 5.41) is 3.10. The molecule has 0 saturated carbocycles. The molecule has 0 spiro atoms. The van der Waals surface area contributed by atoms with Gasteiger partial charge in [0.05, 0.1) is 11.1 Å². The average Bonchev–Trinajstić information content (AvgIpc) is 3.12. The van der Waals surface area contributed by atoms with Crippen molar-refractivity contribution in [3.8, 4) is 0 Å². The fraction of sp³-hybridized carbons (Fsp3) is 0.172. The first kappa shape index (κ1) is 25.9.